The van der Waals surface area contributed by atoms with E-state index in [4.69, 9.17) is 9.98 Å². The molecule has 5 nitrogen and oxygen atoms in total. The third-order valence-electron chi connectivity index (χ3n) is 13.7. The van der Waals surface area contributed by atoms with Crippen LogP contribution in [0.15, 0.2) is 222 Å². The van der Waals surface area contributed by atoms with Crippen LogP contribution in [0.1, 0.15) is 41.3 Å². The van der Waals surface area contributed by atoms with Crippen molar-refractivity contribution in [3.63, 3.8) is 0 Å². The highest BCUT2D eigenvalue weighted by atomic mass is 15.2. The molecular formula is C58H42N5+. The molecule has 0 spiro atoms. The molecule has 0 amide bonds. The Labute approximate surface area is 365 Å². The van der Waals surface area contributed by atoms with Crippen molar-refractivity contribution >= 4 is 77.2 Å². The molecule has 0 bridgehead atoms. The number of quaternary nitrogens is 1. The maximum Gasteiger partial charge on any atom is 0.235 e. The Balaban J connectivity index is 1.01. The quantitative estimate of drug-likeness (QED) is 0.173. The molecule has 0 fully saturated rings. The smallest absolute Gasteiger partial charge is 0.235 e. The highest BCUT2D eigenvalue weighted by molar-refractivity contribution is 6.21. The summed E-state index contributed by atoms with van der Waals surface area (Å²) < 4.78 is 2.46. The first-order valence-electron chi connectivity index (χ1n) is 21.9. The third-order valence-corrected chi connectivity index (χ3v) is 13.7. The number of rotatable bonds is 5. The zero-order valence-electron chi connectivity index (χ0n) is 34.7. The van der Waals surface area contributed by atoms with E-state index in [0.29, 0.717) is 0 Å². The molecule has 3 aliphatic rings. The second kappa shape index (κ2) is 13.8. The number of para-hydroxylation sites is 1. The predicted molar refractivity (Wildman–Crippen MR) is 262 cm³/mol. The number of fused-ring (bicyclic) bond motifs is 10. The normalized spacial score (nSPS) is 19.2. The second-order valence-electron chi connectivity index (χ2n) is 17.3. The highest BCUT2D eigenvalue weighted by Gasteiger charge is 2.46. The number of allylic oxidation sites excluding steroid dienone is 2. The van der Waals surface area contributed by atoms with Gasteiger partial charge in [-0.25, -0.2) is 4.99 Å². The minimum Gasteiger partial charge on any atom is -0.331 e. The monoisotopic (exact) mass is 808 g/mol. The van der Waals surface area contributed by atoms with E-state index < -0.39 is 0 Å². The summed E-state index contributed by atoms with van der Waals surface area (Å²) in [5, 5.41) is 11.9. The Morgan fingerprint density at radius 3 is 2.14 bits per heavy atom. The van der Waals surface area contributed by atoms with Gasteiger partial charge in [0.2, 0.25) is 12.0 Å². The van der Waals surface area contributed by atoms with Gasteiger partial charge in [-0.1, -0.05) is 158 Å². The summed E-state index contributed by atoms with van der Waals surface area (Å²) in [5.41, 5.74) is 10.2. The van der Waals surface area contributed by atoms with Gasteiger partial charge in [0, 0.05) is 44.9 Å². The fourth-order valence-corrected chi connectivity index (χ4v) is 10.7. The van der Waals surface area contributed by atoms with Gasteiger partial charge in [0.05, 0.1) is 22.1 Å². The molecule has 3 unspecified atom stereocenters. The van der Waals surface area contributed by atoms with Crippen LogP contribution in [0.4, 0.5) is 11.4 Å². The molecule has 0 saturated heterocycles. The number of hydrogen-bond acceptors (Lipinski definition) is 3. The summed E-state index contributed by atoms with van der Waals surface area (Å²) in [6.07, 6.45) is 8.92. The molecule has 5 heteroatoms. The maximum atomic E-state index is 5.46. The van der Waals surface area contributed by atoms with Crippen LogP contribution in [0.5, 0.6) is 0 Å². The van der Waals surface area contributed by atoms with E-state index in [1.165, 1.54) is 60.2 Å². The second-order valence-corrected chi connectivity index (χ2v) is 17.3. The maximum absolute atomic E-state index is 5.46. The summed E-state index contributed by atoms with van der Waals surface area (Å²) in [4.78, 5) is 13.4. The summed E-state index contributed by atoms with van der Waals surface area (Å²) in [5.74, 6) is 1.91. The van der Waals surface area contributed by atoms with Crippen molar-refractivity contribution < 1.29 is 5.32 Å². The minimum absolute atomic E-state index is 0.207. The number of nitrogens with two attached hydrogens (primary N) is 1. The molecule has 0 radical (unpaired) electrons. The van der Waals surface area contributed by atoms with Crippen LogP contribution >= 0.6 is 0 Å². The summed E-state index contributed by atoms with van der Waals surface area (Å²) in [7, 11) is 0. The molecule has 3 atom stereocenters. The van der Waals surface area contributed by atoms with Crippen LogP contribution in [0, 0.1) is 0 Å². The molecule has 0 saturated carbocycles. The highest BCUT2D eigenvalue weighted by Crippen LogP contribution is 2.54. The van der Waals surface area contributed by atoms with E-state index in [1.54, 1.807) is 0 Å². The van der Waals surface area contributed by atoms with Gasteiger partial charge in [-0.15, -0.1) is 0 Å². The van der Waals surface area contributed by atoms with Crippen molar-refractivity contribution in [3.8, 4) is 5.69 Å². The number of anilines is 2. The van der Waals surface area contributed by atoms with E-state index in [1.807, 2.05) is 0 Å². The third kappa shape index (κ3) is 5.53. The summed E-state index contributed by atoms with van der Waals surface area (Å²) >= 11 is 0. The van der Waals surface area contributed by atoms with Gasteiger partial charge in [0.25, 0.3) is 0 Å². The lowest BCUT2D eigenvalue weighted by atomic mass is 9.80. The largest absolute Gasteiger partial charge is 0.331 e. The lowest BCUT2D eigenvalue weighted by molar-refractivity contribution is -0.586. The van der Waals surface area contributed by atoms with Crippen molar-refractivity contribution in [2.75, 3.05) is 4.90 Å². The number of aliphatic imine (C=N–C) groups is 2. The lowest BCUT2D eigenvalue weighted by Crippen LogP contribution is -2.90. The van der Waals surface area contributed by atoms with Gasteiger partial charge < -0.3 is 9.47 Å². The van der Waals surface area contributed by atoms with Crippen LogP contribution in [-0.2, 0) is 0 Å². The molecule has 2 N–H and O–H groups in total. The molecular weight excluding hydrogens is 767 g/mol. The lowest BCUT2D eigenvalue weighted by Gasteiger charge is -2.39. The molecule has 13 rings (SSSR count). The van der Waals surface area contributed by atoms with Crippen molar-refractivity contribution in [2.24, 2.45) is 9.98 Å². The Morgan fingerprint density at radius 1 is 0.540 bits per heavy atom. The van der Waals surface area contributed by atoms with Gasteiger partial charge in [-0.2, -0.15) is 4.99 Å². The molecule has 3 heterocycles. The zero-order chi connectivity index (χ0) is 41.6. The number of amidine groups is 2. The fourth-order valence-electron chi connectivity index (χ4n) is 10.7. The first-order chi connectivity index (χ1) is 31.1. The number of benzene rings is 9. The Hall–Kier alpha value is -7.86. The first-order valence-corrected chi connectivity index (χ1v) is 21.9. The Bertz CT molecular complexity index is 3650. The SMILES string of the molecule is CC12C=CC=CC1c1ccccc1N2c1ccc2c3cc4ccccc4cc3n(-c3cccc(C4=NC(c5cc6ccccc6c6ccccc56)=NC(c5ccccc5)[NH2+]4)c3)c2c1. The van der Waals surface area contributed by atoms with Crippen molar-refractivity contribution in [1.82, 2.24) is 4.57 Å². The molecule has 1 aromatic heterocycles. The molecule has 63 heavy (non-hydrogen) atoms. The summed E-state index contributed by atoms with van der Waals surface area (Å²) in [6.45, 7) is 2.37. The van der Waals surface area contributed by atoms with Crippen LogP contribution in [0.3, 0.4) is 0 Å². The van der Waals surface area contributed by atoms with E-state index in [0.717, 1.165) is 45.0 Å². The van der Waals surface area contributed by atoms with Crippen LogP contribution in [0.2, 0.25) is 0 Å². The average Bonchev–Trinajstić information content (AvgIpc) is 3.80. The van der Waals surface area contributed by atoms with Gasteiger partial charge in [-0.3, -0.25) is 5.32 Å². The van der Waals surface area contributed by atoms with Crippen molar-refractivity contribution in [2.45, 2.75) is 24.5 Å². The number of hydrogen-bond donors (Lipinski definition) is 1. The van der Waals surface area contributed by atoms with E-state index in [9.17, 15) is 0 Å². The minimum atomic E-state index is -0.239. The van der Waals surface area contributed by atoms with E-state index >= 15 is 0 Å². The topological polar surface area (TPSA) is 49.5 Å². The molecule has 1 aliphatic carbocycles. The van der Waals surface area contributed by atoms with Crippen molar-refractivity contribution in [1.29, 1.82) is 0 Å². The predicted octanol–water partition coefficient (Wildman–Crippen LogP) is 12.8. The number of nitrogens with zero attached hydrogens (tertiary/aromatic N) is 4. The van der Waals surface area contributed by atoms with Crippen LogP contribution in [0.25, 0.3) is 59.8 Å². The zero-order valence-corrected chi connectivity index (χ0v) is 34.7. The Morgan fingerprint density at radius 2 is 1.27 bits per heavy atom. The van der Waals surface area contributed by atoms with Crippen LogP contribution in [-0.4, -0.2) is 21.8 Å². The molecule has 10 aromatic rings. The van der Waals surface area contributed by atoms with Crippen molar-refractivity contribution in [3.05, 3.63) is 235 Å². The number of aromatic nitrogens is 1. The molecule has 2 aliphatic heterocycles. The molecule has 298 valence electrons. The standard InChI is InChI=1S/C58H41N5/c1-58-31-14-13-27-51(58)48-26-11-12-28-52(48)63(58)43-29-30-47-49-33-38-18-5-6-19-39(38)35-53(49)62(54(47)36-43)42-22-15-21-41(32-42)56-59-55(37-16-3-2-4-17-37)60-57(61-56)50-34-40-20-7-8-23-44(40)45-24-9-10-25-46(45)50/h2-36,51,55H,1H3,(H,59,60,61)/p+1. The molecule has 9 aromatic carbocycles. The van der Waals surface area contributed by atoms with Gasteiger partial charge in [0.15, 0.2) is 5.84 Å². The first kappa shape index (κ1) is 35.9. The Kier molecular flexibility index (Phi) is 7.87. The fraction of sp³-hybridized carbons (Fsp3) is 0.0690. The van der Waals surface area contributed by atoms with Gasteiger partial charge in [0.1, 0.15) is 0 Å². The van der Waals surface area contributed by atoms with E-state index in [2.05, 4.69) is 234 Å². The van der Waals surface area contributed by atoms with Gasteiger partial charge in [-0.05, 0) is 99.4 Å². The van der Waals surface area contributed by atoms with Crippen LogP contribution < -0.4 is 10.2 Å². The van der Waals surface area contributed by atoms with Gasteiger partial charge >= 0.3 is 0 Å². The average molecular weight is 809 g/mol. The van der Waals surface area contributed by atoms with E-state index in [-0.39, 0.29) is 17.6 Å². The summed E-state index contributed by atoms with van der Waals surface area (Å²) in [6, 6.07) is 68.5.